The smallest absolute Gasteiger partial charge is 0.230 e. The molecule has 1 amide bonds. The third-order valence-electron chi connectivity index (χ3n) is 3.44. The van der Waals surface area contributed by atoms with E-state index in [1.54, 1.807) is 25.6 Å². The molecule has 0 unspecified atom stereocenters. The summed E-state index contributed by atoms with van der Waals surface area (Å²) in [4.78, 5) is 16.3. The average Bonchev–Trinajstić information content (AvgIpc) is 2.47. The van der Waals surface area contributed by atoms with Gasteiger partial charge in [-0.2, -0.15) is 0 Å². The molecule has 0 bridgehead atoms. The van der Waals surface area contributed by atoms with Gasteiger partial charge in [-0.25, -0.2) is 0 Å². The van der Waals surface area contributed by atoms with Crippen molar-refractivity contribution < 1.29 is 14.3 Å². The van der Waals surface area contributed by atoms with Crippen molar-refractivity contribution in [2.45, 2.75) is 32.3 Å². The Kier molecular flexibility index (Phi) is 4.74. The monoisotopic (exact) mass is 264 g/mol. The maximum absolute atomic E-state index is 12.3. The van der Waals surface area contributed by atoms with E-state index in [9.17, 15) is 4.79 Å². The zero-order chi connectivity index (χ0) is 13.7. The van der Waals surface area contributed by atoms with Gasteiger partial charge < -0.3 is 14.8 Å². The quantitative estimate of drug-likeness (QED) is 0.906. The zero-order valence-corrected chi connectivity index (χ0v) is 11.4. The predicted octanol–water partition coefficient (Wildman–Crippen LogP) is 2.23. The van der Waals surface area contributed by atoms with E-state index in [-0.39, 0.29) is 17.9 Å². The third kappa shape index (κ3) is 3.23. The average molecular weight is 264 g/mol. The lowest BCUT2D eigenvalue weighted by molar-refractivity contribution is -0.129. The molecule has 1 aliphatic heterocycles. The van der Waals surface area contributed by atoms with Crippen LogP contribution in [0.4, 0.5) is 5.69 Å². The number of pyridine rings is 1. The summed E-state index contributed by atoms with van der Waals surface area (Å²) in [5, 5.41) is 2.89. The van der Waals surface area contributed by atoms with Crippen molar-refractivity contribution in [1.29, 1.82) is 0 Å². The zero-order valence-electron chi connectivity index (χ0n) is 11.4. The van der Waals surface area contributed by atoms with Crippen molar-refractivity contribution in [1.82, 2.24) is 4.98 Å². The molecule has 0 aliphatic carbocycles. The standard InChI is InChI=1S/C14H20N2O3/c1-3-12-10(5-4-8-19-12)14(17)16-11-9-15-7-6-13(11)18-2/h6-7,9-10,12H,3-5,8H2,1-2H3,(H,16,17)/t10-,12-/m0/s1. The van der Waals surface area contributed by atoms with Crippen LogP contribution in [0.25, 0.3) is 0 Å². The number of amides is 1. The predicted molar refractivity (Wildman–Crippen MR) is 72.2 cm³/mol. The Bertz CT molecular complexity index is 436. The topological polar surface area (TPSA) is 60.5 Å². The number of rotatable bonds is 4. The maximum Gasteiger partial charge on any atom is 0.230 e. The number of hydrogen-bond donors (Lipinski definition) is 1. The molecule has 0 radical (unpaired) electrons. The van der Waals surface area contributed by atoms with Crippen LogP contribution in [0.15, 0.2) is 18.5 Å². The molecule has 0 aromatic carbocycles. The van der Waals surface area contributed by atoms with Crippen LogP contribution in [0, 0.1) is 5.92 Å². The summed E-state index contributed by atoms with van der Waals surface area (Å²) in [7, 11) is 1.57. The van der Waals surface area contributed by atoms with Crippen LogP contribution >= 0.6 is 0 Å². The van der Waals surface area contributed by atoms with E-state index < -0.39 is 0 Å². The van der Waals surface area contributed by atoms with E-state index in [4.69, 9.17) is 9.47 Å². The summed E-state index contributed by atoms with van der Waals surface area (Å²) < 4.78 is 10.8. The Labute approximate surface area is 113 Å². The van der Waals surface area contributed by atoms with Gasteiger partial charge in [-0.3, -0.25) is 9.78 Å². The first-order valence-corrected chi connectivity index (χ1v) is 6.66. The number of hydrogen-bond acceptors (Lipinski definition) is 4. The van der Waals surface area contributed by atoms with E-state index in [1.165, 1.54) is 0 Å². The van der Waals surface area contributed by atoms with Crippen LogP contribution in [0.5, 0.6) is 5.75 Å². The van der Waals surface area contributed by atoms with E-state index in [0.717, 1.165) is 25.9 Å². The molecule has 5 nitrogen and oxygen atoms in total. The fourth-order valence-corrected chi connectivity index (χ4v) is 2.42. The van der Waals surface area contributed by atoms with Gasteiger partial charge in [0.2, 0.25) is 5.91 Å². The van der Waals surface area contributed by atoms with Crippen molar-refractivity contribution in [3.05, 3.63) is 18.5 Å². The van der Waals surface area contributed by atoms with Gasteiger partial charge in [0, 0.05) is 18.9 Å². The van der Waals surface area contributed by atoms with Gasteiger partial charge in [-0.05, 0) is 19.3 Å². The minimum Gasteiger partial charge on any atom is -0.494 e. The number of carbonyl (C=O) groups excluding carboxylic acids is 1. The first kappa shape index (κ1) is 13.8. The molecule has 1 N–H and O–H groups in total. The second kappa shape index (κ2) is 6.52. The number of nitrogens with zero attached hydrogens (tertiary/aromatic N) is 1. The SMILES string of the molecule is CC[C@@H]1OCCC[C@@H]1C(=O)Nc1cnccc1OC. The molecule has 0 saturated carbocycles. The largest absolute Gasteiger partial charge is 0.494 e. The number of nitrogens with one attached hydrogen (secondary N) is 1. The first-order chi connectivity index (χ1) is 9.26. The lowest BCUT2D eigenvalue weighted by atomic mass is 9.92. The highest BCUT2D eigenvalue weighted by Crippen LogP contribution is 2.27. The van der Waals surface area contributed by atoms with Gasteiger partial charge >= 0.3 is 0 Å². The molecule has 104 valence electrons. The number of anilines is 1. The summed E-state index contributed by atoms with van der Waals surface area (Å²) in [6.07, 6.45) is 5.89. The minimum atomic E-state index is -0.0938. The fourth-order valence-electron chi connectivity index (χ4n) is 2.42. The first-order valence-electron chi connectivity index (χ1n) is 6.66. The molecular formula is C14H20N2O3. The molecule has 1 aromatic heterocycles. The molecule has 0 spiro atoms. The molecule has 2 rings (SSSR count). The molecule has 2 heterocycles. The lowest BCUT2D eigenvalue weighted by Gasteiger charge is -2.30. The van der Waals surface area contributed by atoms with Crippen LogP contribution in [-0.4, -0.2) is 30.7 Å². The van der Waals surface area contributed by atoms with E-state index in [1.807, 2.05) is 6.92 Å². The van der Waals surface area contributed by atoms with Crippen LogP contribution in [-0.2, 0) is 9.53 Å². The Balaban J connectivity index is 2.07. The van der Waals surface area contributed by atoms with Gasteiger partial charge in [-0.15, -0.1) is 0 Å². The van der Waals surface area contributed by atoms with Gasteiger partial charge in [0.15, 0.2) is 0 Å². The van der Waals surface area contributed by atoms with Crippen molar-refractivity contribution in [3.63, 3.8) is 0 Å². The lowest BCUT2D eigenvalue weighted by Crippen LogP contribution is -2.37. The Morgan fingerprint density at radius 3 is 3.21 bits per heavy atom. The van der Waals surface area contributed by atoms with Crippen LogP contribution in [0.1, 0.15) is 26.2 Å². The van der Waals surface area contributed by atoms with Crippen LogP contribution in [0.2, 0.25) is 0 Å². The second-order valence-electron chi connectivity index (χ2n) is 4.63. The number of carbonyl (C=O) groups is 1. The van der Waals surface area contributed by atoms with Crippen molar-refractivity contribution in [3.8, 4) is 5.75 Å². The van der Waals surface area contributed by atoms with Gasteiger partial charge in [0.1, 0.15) is 11.4 Å². The highest BCUT2D eigenvalue weighted by Gasteiger charge is 2.31. The van der Waals surface area contributed by atoms with Crippen LogP contribution < -0.4 is 10.1 Å². The van der Waals surface area contributed by atoms with E-state index in [0.29, 0.717) is 11.4 Å². The van der Waals surface area contributed by atoms with E-state index >= 15 is 0 Å². The molecule has 19 heavy (non-hydrogen) atoms. The number of methoxy groups -OCH3 is 1. The summed E-state index contributed by atoms with van der Waals surface area (Å²) in [5.41, 5.74) is 0.607. The molecule has 1 fully saturated rings. The molecule has 2 atom stereocenters. The number of aromatic nitrogens is 1. The summed E-state index contributed by atoms with van der Waals surface area (Å²) in [5.74, 6) is 0.509. The summed E-state index contributed by atoms with van der Waals surface area (Å²) in [6.45, 7) is 2.79. The molecule has 5 heteroatoms. The third-order valence-corrected chi connectivity index (χ3v) is 3.44. The summed E-state index contributed by atoms with van der Waals surface area (Å²) >= 11 is 0. The van der Waals surface area contributed by atoms with Gasteiger partial charge in [-0.1, -0.05) is 6.92 Å². The Morgan fingerprint density at radius 1 is 1.63 bits per heavy atom. The molecule has 1 aliphatic rings. The Morgan fingerprint density at radius 2 is 2.47 bits per heavy atom. The minimum absolute atomic E-state index is 0.0106. The molecule has 1 saturated heterocycles. The molecule has 1 aromatic rings. The van der Waals surface area contributed by atoms with Gasteiger partial charge in [0.05, 0.1) is 25.3 Å². The fraction of sp³-hybridized carbons (Fsp3) is 0.571. The highest BCUT2D eigenvalue weighted by atomic mass is 16.5. The number of ether oxygens (including phenoxy) is 2. The van der Waals surface area contributed by atoms with Gasteiger partial charge in [0.25, 0.3) is 0 Å². The van der Waals surface area contributed by atoms with Crippen molar-refractivity contribution >= 4 is 11.6 Å². The maximum atomic E-state index is 12.3. The second-order valence-corrected chi connectivity index (χ2v) is 4.63. The van der Waals surface area contributed by atoms with Crippen LogP contribution in [0.3, 0.4) is 0 Å². The highest BCUT2D eigenvalue weighted by molar-refractivity contribution is 5.94. The van der Waals surface area contributed by atoms with Crippen molar-refractivity contribution in [2.24, 2.45) is 5.92 Å². The van der Waals surface area contributed by atoms with Crippen molar-refractivity contribution in [2.75, 3.05) is 19.0 Å². The van der Waals surface area contributed by atoms with E-state index in [2.05, 4.69) is 10.3 Å². The normalized spacial score (nSPS) is 22.8. The molecular weight excluding hydrogens is 244 g/mol. The summed E-state index contributed by atoms with van der Waals surface area (Å²) in [6, 6.07) is 1.73. The Hall–Kier alpha value is -1.62.